The van der Waals surface area contributed by atoms with Crippen molar-refractivity contribution in [3.63, 3.8) is 0 Å². The van der Waals surface area contributed by atoms with Crippen molar-refractivity contribution >= 4 is 8.32 Å². The highest BCUT2D eigenvalue weighted by Crippen LogP contribution is 2.59. The third-order valence-corrected chi connectivity index (χ3v) is 11.7. The van der Waals surface area contributed by atoms with Crippen LogP contribution < -0.4 is 0 Å². The molecule has 1 N–H and O–H groups in total. The molecule has 0 aliphatic heterocycles. The summed E-state index contributed by atoms with van der Waals surface area (Å²) in [5.74, 6) is 1.25. The molecule has 0 heterocycles. The van der Waals surface area contributed by atoms with Crippen molar-refractivity contribution in [2.75, 3.05) is 6.61 Å². The molecule has 4 atom stereocenters. The smallest absolute Gasteiger partial charge is 0.192 e. The summed E-state index contributed by atoms with van der Waals surface area (Å²) in [4.78, 5) is 0. The van der Waals surface area contributed by atoms with Crippen molar-refractivity contribution in [2.24, 2.45) is 17.3 Å². The van der Waals surface area contributed by atoms with Gasteiger partial charge in [0.25, 0.3) is 0 Å². The van der Waals surface area contributed by atoms with E-state index in [0.29, 0.717) is 23.4 Å². The fourth-order valence-corrected chi connectivity index (χ4v) is 6.20. The van der Waals surface area contributed by atoms with Crippen molar-refractivity contribution in [2.45, 2.75) is 90.5 Å². The molecule has 0 spiro atoms. The van der Waals surface area contributed by atoms with Gasteiger partial charge in [-0.15, -0.1) is 0 Å². The SMILES string of the molecule is C=C(CCO)[C@H]1CCC2[C@@H](O[Si](C)(C)C(C)(C)C)CCC[C@@]21C. The number of hydrogen-bond donors (Lipinski definition) is 1. The largest absolute Gasteiger partial charge is 0.414 e. The summed E-state index contributed by atoms with van der Waals surface area (Å²) in [6, 6.07) is 0. The first kappa shape index (κ1) is 19.2. The molecule has 0 amide bonds. The fourth-order valence-electron chi connectivity index (χ4n) is 4.80. The minimum atomic E-state index is -1.71. The van der Waals surface area contributed by atoms with Crippen LogP contribution in [0.4, 0.5) is 0 Å². The van der Waals surface area contributed by atoms with Gasteiger partial charge in [-0.25, -0.2) is 0 Å². The summed E-state index contributed by atoms with van der Waals surface area (Å²) in [7, 11) is -1.71. The quantitative estimate of drug-likeness (QED) is 0.527. The molecule has 0 saturated heterocycles. The molecule has 2 fully saturated rings. The lowest BCUT2D eigenvalue weighted by atomic mass is 9.63. The fraction of sp³-hybridized carbons (Fsp3) is 0.900. The Bertz CT molecular complexity index is 437. The van der Waals surface area contributed by atoms with Gasteiger partial charge in [0.15, 0.2) is 8.32 Å². The third kappa shape index (κ3) is 3.62. The zero-order valence-corrected chi connectivity index (χ0v) is 17.2. The van der Waals surface area contributed by atoms with Gasteiger partial charge in [0, 0.05) is 12.7 Å². The monoisotopic (exact) mass is 338 g/mol. The first-order valence-corrected chi connectivity index (χ1v) is 12.4. The van der Waals surface area contributed by atoms with Crippen LogP contribution in [0, 0.1) is 17.3 Å². The van der Waals surface area contributed by atoms with Gasteiger partial charge in [-0.3, -0.25) is 0 Å². The van der Waals surface area contributed by atoms with Crippen molar-refractivity contribution in [1.82, 2.24) is 0 Å². The predicted molar refractivity (Wildman–Crippen MR) is 101 cm³/mol. The standard InChI is InChI=1S/C20H38O2Si/c1-15(12-14-21)16-10-11-17-18(9-8-13-20(16,17)5)22-23(6,7)19(2,3)4/h16-18,21H,1,8-14H2,2-7H3/t16-,17?,18+,20-/m1/s1. The van der Waals surface area contributed by atoms with Gasteiger partial charge in [-0.1, -0.05) is 46.3 Å². The van der Waals surface area contributed by atoms with Crippen molar-refractivity contribution in [1.29, 1.82) is 0 Å². The van der Waals surface area contributed by atoms with Crippen LogP contribution in [-0.2, 0) is 4.43 Å². The van der Waals surface area contributed by atoms with E-state index in [-0.39, 0.29) is 11.6 Å². The van der Waals surface area contributed by atoms with E-state index in [4.69, 9.17) is 4.43 Å². The Morgan fingerprint density at radius 2 is 1.91 bits per heavy atom. The lowest BCUT2D eigenvalue weighted by Crippen LogP contribution is -2.50. The van der Waals surface area contributed by atoms with E-state index in [1.165, 1.54) is 37.7 Å². The zero-order chi connectivity index (χ0) is 17.5. The molecular formula is C20H38O2Si. The lowest BCUT2D eigenvalue weighted by Gasteiger charge is -2.49. The minimum absolute atomic E-state index is 0.236. The minimum Gasteiger partial charge on any atom is -0.414 e. The molecule has 2 rings (SSSR count). The summed E-state index contributed by atoms with van der Waals surface area (Å²) in [5.41, 5.74) is 1.60. The van der Waals surface area contributed by atoms with E-state index in [1.54, 1.807) is 0 Å². The maximum absolute atomic E-state index is 9.29. The molecule has 0 radical (unpaired) electrons. The van der Waals surface area contributed by atoms with E-state index in [1.807, 2.05) is 0 Å². The van der Waals surface area contributed by atoms with Gasteiger partial charge in [0.05, 0.1) is 0 Å². The van der Waals surface area contributed by atoms with Crippen molar-refractivity contribution < 1.29 is 9.53 Å². The summed E-state index contributed by atoms with van der Waals surface area (Å²) in [6.07, 6.45) is 7.50. The molecule has 2 aliphatic carbocycles. The second kappa shape index (κ2) is 6.65. The molecule has 2 nitrogen and oxygen atoms in total. The van der Waals surface area contributed by atoms with Crippen LogP contribution in [0.3, 0.4) is 0 Å². The maximum Gasteiger partial charge on any atom is 0.192 e. The van der Waals surface area contributed by atoms with Gasteiger partial charge in [-0.05, 0) is 67.5 Å². The summed E-state index contributed by atoms with van der Waals surface area (Å²) in [5, 5.41) is 9.57. The summed E-state index contributed by atoms with van der Waals surface area (Å²) < 4.78 is 6.87. The van der Waals surface area contributed by atoms with Crippen LogP contribution in [0.15, 0.2) is 12.2 Å². The third-order valence-electron chi connectivity index (χ3n) is 7.24. The van der Waals surface area contributed by atoms with Crippen LogP contribution in [0.2, 0.25) is 18.1 Å². The highest BCUT2D eigenvalue weighted by Gasteiger charge is 2.53. The Morgan fingerprint density at radius 3 is 2.48 bits per heavy atom. The molecule has 1 unspecified atom stereocenters. The molecule has 23 heavy (non-hydrogen) atoms. The summed E-state index contributed by atoms with van der Waals surface area (Å²) in [6.45, 7) is 18.8. The second-order valence-electron chi connectivity index (χ2n) is 9.68. The summed E-state index contributed by atoms with van der Waals surface area (Å²) >= 11 is 0. The molecule has 0 bridgehead atoms. The van der Waals surface area contributed by atoms with Gasteiger partial charge in [-0.2, -0.15) is 0 Å². The van der Waals surface area contributed by atoms with Crippen LogP contribution in [0.5, 0.6) is 0 Å². The Labute approximate surface area is 144 Å². The highest BCUT2D eigenvalue weighted by molar-refractivity contribution is 6.74. The second-order valence-corrected chi connectivity index (χ2v) is 14.4. The molecular weight excluding hydrogens is 300 g/mol. The maximum atomic E-state index is 9.29. The Kier molecular flexibility index (Phi) is 5.55. The zero-order valence-electron chi connectivity index (χ0n) is 16.2. The van der Waals surface area contributed by atoms with Gasteiger partial charge in [0.2, 0.25) is 0 Å². The molecule has 2 saturated carbocycles. The van der Waals surface area contributed by atoms with Crippen molar-refractivity contribution in [3.8, 4) is 0 Å². The Balaban J connectivity index is 2.16. The molecule has 3 heteroatoms. The first-order valence-electron chi connectivity index (χ1n) is 9.49. The van der Waals surface area contributed by atoms with Gasteiger partial charge in [0.1, 0.15) is 0 Å². The number of aliphatic hydroxyl groups is 1. The normalized spacial score (nSPS) is 35.2. The average molecular weight is 339 g/mol. The van der Waals surface area contributed by atoms with E-state index in [2.05, 4.69) is 47.4 Å². The Morgan fingerprint density at radius 1 is 1.26 bits per heavy atom. The lowest BCUT2D eigenvalue weighted by molar-refractivity contribution is -0.00405. The first-order chi connectivity index (χ1) is 10.5. The van der Waals surface area contributed by atoms with Crippen LogP contribution >= 0.6 is 0 Å². The topological polar surface area (TPSA) is 29.5 Å². The van der Waals surface area contributed by atoms with E-state index in [9.17, 15) is 5.11 Å². The molecule has 0 aromatic carbocycles. The van der Waals surface area contributed by atoms with Crippen LogP contribution in [0.1, 0.15) is 66.2 Å². The predicted octanol–water partition coefficient (Wildman–Crippen LogP) is 5.53. The Hall–Kier alpha value is -0.123. The molecule has 0 aromatic rings. The number of fused-ring (bicyclic) bond motifs is 1. The highest BCUT2D eigenvalue weighted by atomic mass is 28.4. The van der Waals surface area contributed by atoms with E-state index < -0.39 is 8.32 Å². The van der Waals surface area contributed by atoms with E-state index >= 15 is 0 Å². The average Bonchev–Trinajstić information content (AvgIpc) is 2.75. The van der Waals surface area contributed by atoms with Crippen LogP contribution in [-0.4, -0.2) is 26.1 Å². The van der Waals surface area contributed by atoms with Crippen molar-refractivity contribution in [3.05, 3.63) is 12.2 Å². The number of aliphatic hydroxyl groups excluding tert-OH is 1. The number of rotatable bonds is 5. The van der Waals surface area contributed by atoms with Crippen LogP contribution in [0.25, 0.3) is 0 Å². The molecule has 134 valence electrons. The van der Waals surface area contributed by atoms with E-state index in [0.717, 1.165) is 6.42 Å². The molecule has 0 aromatic heterocycles. The molecule has 2 aliphatic rings. The van der Waals surface area contributed by atoms with Gasteiger partial charge >= 0.3 is 0 Å². The number of hydrogen-bond acceptors (Lipinski definition) is 2. The van der Waals surface area contributed by atoms with Gasteiger partial charge < -0.3 is 9.53 Å².